The van der Waals surface area contributed by atoms with Gasteiger partial charge in [-0.3, -0.25) is 4.90 Å². The molecule has 1 rings (SSSR count). The van der Waals surface area contributed by atoms with Gasteiger partial charge in [0.05, 0.1) is 11.0 Å². The molecule has 0 spiro atoms. The Bertz CT molecular complexity index is 288. The highest BCUT2D eigenvalue weighted by Crippen LogP contribution is 2.04. The number of hydrogen-bond donors (Lipinski definition) is 1. The van der Waals surface area contributed by atoms with E-state index < -0.39 is 9.84 Å². The van der Waals surface area contributed by atoms with Crippen LogP contribution in [-0.4, -0.2) is 56.5 Å². The lowest BCUT2D eigenvalue weighted by molar-refractivity contribution is 0.217. The SMILES string of the molecule is CC(C)S(=O)(=O)CCN1CCN[C@H](C)C1. The molecule has 0 aliphatic carbocycles. The van der Waals surface area contributed by atoms with Crippen molar-refractivity contribution in [2.24, 2.45) is 0 Å². The van der Waals surface area contributed by atoms with Crippen molar-refractivity contribution in [3.05, 3.63) is 0 Å². The average molecular weight is 234 g/mol. The number of piperazine rings is 1. The van der Waals surface area contributed by atoms with Crippen LogP contribution in [0.3, 0.4) is 0 Å². The van der Waals surface area contributed by atoms with Crippen molar-refractivity contribution in [1.29, 1.82) is 0 Å². The van der Waals surface area contributed by atoms with E-state index in [2.05, 4.69) is 17.1 Å². The van der Waals surface area contributed by atoms with E-state index in [0.29, 0.717) is 12.6 Å². The highest BCUT2D eigenvalue weighted by atomic mass is 32.2. The molecule has 0 unspecified atom stereocenters. The molecule has 0 aromatic heterocycles. The van der Waals surface area contributed by atoms with E-state index >= 15 is 0 Å². The lowest BCUT2D eigenvalue weighted by Gasteiger charge is -2.31. The fourth-order valence-electron chi connectivity index (χ4n) is 1.71. The molecule has 0 bridgehead atoms. The minimum Gasteiger partial charge on any atom is -0.312 e. The van der Waals surface area contributed by atoms with Gasteiger partial charge in [0, 0.05) is 32.2 Å². The highest BCUT2D eigenvalue weighted by Gasteiger charge is 2.20. The molecular weight excluding hydrogens is 212 g/mol. The monoisotopic (exact) mass is 234 g/mol. The number of sulfone groups is 1. The van der Waals surface area contributed by atoms with Crippen LogP contribution in [0.15, 0.2) is 0 Å². The van der Waals surface area contributed by atoms with Gasteiger partial charge in [-0.1, -0.05) is 0 Å². The molecular formula is C10H22N2O2S. The Morgan fingerprint density at radius 3 is 2.67 bits per heavy atom. The summed E-state index contributed by atoms with van der Waals surface area (Å²) in [6, 6.07) is 0.473. The molecule has 0 saturated carbocycles. The summed E-state index contributed by atoms with van der Waals surface area (Å²) in [6.07, 6.45) is 0. The lowest BCUT2D eigenvalue weighted by atomic mass is 10.2. The van der Waals surface area contributed by atoms with Gasteiger partial charge in [-0.2, -0.15) is 0 Å². The molecule has 0 radical (unpaired) electrons. The standard InChI is InChI=1S/C10H22N2O2S/c1-9(2)15(13,14)7-6-12-5-4-11-10(3)8-12/h9-11H,4-8H2,1-3H3/t10-/m1/s1. The molecule has 15 heavy (non-hydrogen) atoms. The van der Waals surface area contributed by atoms with E-state index in [9.17, 15) is 8.42 Å². The third-order valence-corrected chi connectivity index (χ3v) is 5.05. The van der Waals surface area contributed by atoms with Crippen LogP contribution in [0.4, 0.5) is 0 Å². The Labute approximate surface area is 93.0 Å². The first kappa shape index (κ1) is 12.9. The summed E-state index contributed by atoms with van der Waals surface area (Å²) in [4.78, 5) is 2.22. The van der Waals surface area contributed by atoms with Crippen molar-refractivity contribution in [2.45, 2.75) is 32.1 Å². The van der Waals surface area contributed by atoms with E-state index in [4.69, 9.17) is 0 Å². The number of hydrogen-bond acceptors (Lipinski definition) is 4. The second-order valence-corrected chi connectivity index (χ2v) is 7.25. The lowest BCUT2D eigenvalue weighted by Crippen LogP contribution is -2.50. The van der Waals surface area contributed by atoms with E-state index in [1.54, 1.807) is 13.8 Å². The molecule has 1 saturated heterocycles. The summed E-state index contributed by atoms with van der Waals surface area (Å²) in [7, 11) is -2.88. The van der Waals surface area contributed by atoms with E-state index in [1.165, 1.54) is 0 Å². The van der Waals surface area contributed by atoms with Crippen LogP contribution < -0.4 is 5.32 Å². The summed E-state index contributed by atoms with van der Waals surface area (Å²) in [5.41, 5.74) is 0. The Hall–Kier alpha value is -0.130. The number of nitrogens with one attached hydrogen (secondary N) is 1. The van der Waals surface area contributed by atoms with Gasteiger partial charge in [0.1, 0.15) is 0 Å². The third kappa shape index (κ3) is 4.09. The largest absolute Gasteiger partial charge is 0.312 e. The van der Waals surface area contributed by atoms with Gasteiger partial charge < -0.3 is 5.32 Å². The topological polar surface area (TPSA) is 49.4 Å². The normalized spacial score (nSPS) is 24.7. The van der Waals surface area contributed by atoms with Crippen molar-refractivity contribution < 1.29 is 8.42 Å². The van der Waals surface area contributed by atoms with Crippen molar-refractivity contribution >= 4 is 9.84 Å². The zero-order chi connectivity index (χ0) is 11.5. The predicted molar refractivity (Wildman–Crippen MR) is 62.8 cm³/mol. The summed E-state index contributed by atoms with van der Waals surface area (Å²) >= 11 is 0. The van der Waals surface area contributed by atoms with E-state index in [0.717, 1.165) is 19.6 Å². The van der Waals surface area contributed by atoms with Crippen LogP contribution in [0, 0.1) is 0 Å². The zero-order valence-corrected chi connectivity index (χ0v) is 10.7. The van der Waals surface area contributed by atoms with Gasteiger partial charge in [-0.15, -0.1) is 0 Å². The first-order valence-corrected chi connectivity index (χ1v) is 7.30. The van der Waals surface area contributed by atoms with Crippen LogP contribution in [0.2, 0.25) is 0 Å². The molecule has 1 aliphatic rings. The second kappa shape index (κ2) is 5.27. The van der Waals surface area contributed by atoms with E-state index in [1.807, 2.05) is 0 Å². The Morgan fingerprint density at radius 1 is 1.47 bits per heavy atom. The summed E-state index contributed by atoms with van der Waals surface area (Å²) in [6.45, 7) is 9.16. The molecule has 0 aromatic carbocycles. The minimum atomic E-state index is -2.88. The fourth-order valence-corrected chi connectivity index (χ4v) is 2.69. The van der Waals surface area contributed by atoms with Crippen molar-refractivity contribution in [3.8, 4) is 0 Å². The predicted octanol–water partition coefficient (Wildman–Crippen LogP) is 0.103. The molecule has 90 valence electrons. The summed E-state index contributed by atoms with van der Waals surface area (Å²) < 4.78 is 23.2. The van der Waals surface area contributed by atoms with Crippen LogP contribution in [0.25, 0.3) is 0 Å². The van der Waals surface area contributed by atoms with Crippen molar-refractivity contribution in [1.82, 2.24) is 10.2 Å². The number of nitrogens with zero attached hydrogens (tertiary/aromatic N) is 1. The van der Waals surface area contributed by atoms with Crippen LogP contribution in [0.5, 0.6) is 0 Å². The Morgan fingerprint density at radius 2 is 2.13 bits per heavy atom. The van der Waals surface area contributed by atoms with Gasteiger partial charge in [0.25, 0.3) is 0 Å². The molecule has 0 amide bonds. The first-order chi connectivity index (χ1) is 6.92. The summed E-state index contributed by atoms with van der Waals surface area (Å²) in [5, 5.41) is 3.09. The fraction of sp³-hybridized carbons (Fsp3) is 1.00. The van der Waals surface area contributed by atoms with Crippen LogP contribution in [-0.2, 0) is 9.84 Å². The maximum atomic E-state index is 11.6. The Kier molecular flexibility index (Phi) is 4.55. The third-order valence-electron chi connectivity index (χ3n) is 2.86. The summed E-state index contributed by atoms with van der Waals surface area (Å²) in [5.74, 6) is 0.289. The number of rotatable bonds is 4. The molecule has 1 heterocycles. The Balaban J connectivity index is 2.37. The molecule has 1 aliphatic heterocycles. The van der Waals surface area contributed by atoms with Crippen LogP contribution >= 0.6 is 0 Å². The van der Waals surface area contributed by atoms with Gasteiger partial charge in [0.2, 0.25) is 0 Å². The molecule has 5 heteroatoms. The van der Waals surface area contributed by atoms with Crippen molar-refractivity contribution in [2.75, 3.05) is 31.9 Å². The molecule has 1 N–H and O–H groups in total. The van der Waals surface area contributed by atoms with Gasteiger partial charge in [0.15, 0.2) is 9.84 Å². The van der Waals surface area contributed by atoms with Gasteiger partial charge in [-0.25, -0.2) is 8.42 Å². The van der Waals surface area contributed by atoms with Crippen molar-refractivity contribution in [3.63, 3.8) is 0 Å². The highest BCUT2D eigenvalue weighted by molar-refractivity contribution is 7.92. The minimum absolute atomic E-state index is 0.252. The molecule has 1 atom stereocenters. The molecule has 0 aromatic rings. The molecule has 4 nitrogen and oxygen atoms in total. The maximum Gasteiger partial charge on any atom is 0.153 e. The quantitative estimate of drug-likeness (QED) is 0.750. The maximum absolute atomic E-state index is 11.6. The average Bonchev–Trinajstić information content (AvgIpc) is 2.15. The van der Waals surface area contributed by atoms with Crippen LogP contribution in [0.1, 0.15) is 20.8 Å². The smallest absolute Gasteiger partial charge is 0.153 e. The first-order valence-electron chi connectivity index (χ1n) is 5.59. The van der Waals surface area contributed by atoms with Gasteiger partial charge >= 0.3 is 0 Å². The van der Waals surface area contributed by atoms with E-state index in [-0.39, 0.29) is 11.0 Å². The zero-order valence-electron chi connectivity index (χ0n) is 9.86. The second-order valence-electron chi connectivity index (χ2n) is 4.57. The van der Waals surface area contributed by atoms with Gasteiger partial charge in [-0.05, 0) is 20.8 Å². The molecule has 1 fully saturated rings.